The highest BCUT2D eigenvalue weighted by atomic mass is 16.2. The molecule has 11 heteroatoms. The second kappa shape index (κ2) is 10.4. The number of nitriles is 1. The summed E-state index contributed by atoms with van der Waals surface area (Å²) in [5.74, 6) is 0.434. The number of aromatic nitrogens is 4. The van der Waals surface area contributed by atoms with Gasteiger partial charge in [-0.2, -0.15) is 10.1 Å². The highest BCUT2D eigenvalue weighted by Crippen LogP contribution is 2.48. The second-order valence-corrected chi connectivity index (χ2v) is 11.9. The molecule has 2 fully saturated rings. The summed E-state index contributed by atoms with van der Waals surface area (Å²) in [6.07, 6.45) is 3.61. The Morgan fingerprint density at radius 2 is 1.81 bits per heavy atom. The minimum Gasteiger partial charge on any atom is -0.399 e. The number of tetrazole rings is 1. The van der Waals surface area contributed by atoms with Gasteiger partial charge in [0.2, 0.25) is 11.8 Å². The molecule has 1 saturated heterocycles. The van der Waals surface area contributed by atoms with E-state index >= 15 is 0 Å². The van der Waals surface area contributed by atoms with Crippen molar-refractivity contribution in [1.82, 2.24) is 30.4 Å². The van der Waals surface area contributed by atoms with E-state index in [-0.39, 0.29) is 30.6 Å². The van der Waals surface area contributed by atoms with Gasteiger partial charge in [-0.1, -0.05) is 24.8 Å². The monoisotopic (exact) mass is 565 g/mol. The number of carbonyl (C=O) groups is 2. The number of rotatable bonds is 8. The Hall–Kier alpha value is -4.56. The Morgan fingerprint density at radius 3 is 2.40 bits per heavy atom. The third-order valence-corrected chi connectivity index (χ3v) is 9.09. The fourth-order valence-electron chi connectivity index (χ4n) is 7.02. The lowest BCUT2D eigenvalue weighted by atomic mass is 9.67. The van der Waals surface area contributed by atoms with Crippen molar-refractivity contribution >= 4 is 17.5 Å². The number of fused-ring (bicyclic) bond motifs is 3. The van der Waals surface area contributed by atoms with Crippen molar-refractivity contribution in [3.8, 4) is 6.07 Å². The molecule has 2 aromatic carbocycles. The van der Waals surface area contributed by atoms with E-state index in [9.17, 15) is 14.9 Å². The molecule has 3 aliphatic rings. The number of likely N-dealkylation sites (tertiary alicyclic amines) is 1. The topological polar surface area (TPSA) is 169 Å². The molecule has 3 aromatic rings. The summed E-state index contributed by atoms with van der Waals surface area (Å²) in [6, 6.07) is 13.6. The molecule has 5 N–H and O–H groups in total. The molecule has 6 rings (SSSR count). The van der Waals surface area contributed by atoms with Crippen LogP contribution in [0.5, 0.6) is 0 Å². The van der Waals surface area contributed by atoms with Gasteiger partial charge >= 0.3 is 0 Å². The third kappa shape index (κ3) is 4.61. The Morgan fingerprint density at radius 1 is 1.14 bits per heavy atom. The Labute approximate surface area is 244 Å². The number of carbonyl (C=O) groups excluding carboxylic acids is 2. The Balaban J connectivity index is 1.42. The Kier molecular flexibility index (Phi) is 6.81. The lowest BCUT2D eigenvalue weighted by Crippen LogP contribution is -2.46. The molecule has 0 radical (unpaired) electrons. The van der Waals surface area contributed by atoms with Gasteiger partial charge in [-0.15, -0.1) is 10.2 Å². The van der Waals surface area contributed by atoms with Crippen molar-refractivity contribution in [3.05, 3.63) is 82.2 Å². The molecule has 11 nitrogen and oxygen atoms in total. The van der Waals surface area contributed by atoms with Crippen LogP contribution < -0.4 is 16.8 Å². The van der Waals surface area contributed by atoms with Gasteiger partial charge in [0.25, 0.3) is 0 Å². The maximum absolute atomic E-state index is 13.3. The molecule has 1 aliphatic heterocycles. The molecule has 5 atom stereocenters. The molecule has 2 heterocycles. The van der Waals surface area contributed by atoms with Gasteiger partial charge in [-0.3, -0.25) is 9.59 Å². The molecule has 1 saturated carbocycles. The van der Waals surface area contributed by atoms with Gasteiger partial charge in [0.1, 0.15) is 6.04 Å². The van der Waals surface area contributed by atoms with Crippen molar-refractivity contribution < 1.29 is 9.59 Å². The maximum atomic E-state index is 13.3. The van der Waals surface area contributed by atoms with E-state index in [0.29, 0.717) is 42.3 Å². The number of amides is 2. The fourth-order valence-corrected chi connectivity index (χ4v) is 7.02. The zero-order valence-electron chi connectivity index (χ0n) is 23.9. The molecule has 2 aliphatic carbocycles. The van der Waals surface area contributed by atoms with Crippen LogP contribution in [0.15, 0.2) is 43.0 Å². The normalized spacial score (nSPS) is 24.5. The minimum atomic E-state index is -0.861. The number of nitrogens with one attached hydrogen (secondary N) is 1. The quantitative estimate of drug-likeness (QED) is 0.370. The van der Waals surface area contributed by atoms with Crippen LogP contribution in [-0.4, -0.2) is 61.6 Å². The first-order valence-corrected chi connectivity index (χ1v) is 14.3. The van der Waals surface area contributed by atoms with Gasteiger partial charge in [-0.05, 0) is 96.2 Å². The van der Waals surface area contributed by atoms with E-state index in [0.717, 1.165) is 40.7 Å². The zero-order valence-corrected chi connectivity index (χ0v) is 23.9. The third-order valence-electron chi connectivity index (χ3n) is 9.09. The highest BCUT2D eigenvalue weighted by molar-refractivity contribution is 5.93. The van der Waals surface area contributed by atoms with Crippen molar-refractivity contribution in [2.75, 3.05) is 6.54 Å². The van der Waals surface area contributed by atoms with E-state index in [1.54, 1.807) is 18.0 Å². The first-order valence-electron chi connectivity index (χ1n) is 14.3. The van der Waals surface area contributed by atoms with Crippen molar-refractivity contribution in [1.29, 1.82) is 5.26 Å². The number of piperidine rings is 1. The van der Waals surface area contributed by atoms with E-state index < -0.39 is 11.3 Å². The van der Waals surface area contributed by atoms with Crippen molar-refractivity contribution in [2.45, 2.75) is 62.6 Å². The molecule has 0 spiro atoms. The van der Waals surface area contributed by atoms with Gasteiger partial charge in [0, 0.05) is 23.3 Å². The number of hydrogen-bond acceptors (Lipinski definition) is 8. The highest BCUT2D eigenvalue weighted by Gasteiger charge is 2.54. The van der Waals surface area contributed by atoms with Crippen LogP contribution in [0.1, 0.15) is 70.2 Å². The van der Waals surface area contributed by atoms with Gasteiger partial charge in [-0.25, -0.2) is 0 Å². The first kappa shape index (κ1) is 27.6. The van der Waals surface area contributed by atoms with E-state index in [2.05, 4.69) is 40.4 Å². The summed E-state index contributed by atoms with van der Waals surface area (Å²) in [6.45, 7) is 6.09. The SMILES string of the molecule is C=C(N)c1ccc2c(c1)CCc1cc(C(N)=O)ccc1C2(C[C@@H](C)NCC(=O)N1[C@H](C#N)C[C@@H]2C[C@@H]21)c1nnn(C)n1. The molecule has 0 bridgehead atoms. The van der Waals surface area contributed by atoms with Crippen LogP contribution in [-0.2, 0) is 30.1 Å². The molecule has 42 heavy (non-hydrogen) atoms. The number of nitrogens with zero attached hydrogens (tertiary/aromatic N) is 6. The molecular formula is C31H35N9O2. The Bertz CT molecular complexity index is 1570. The average molecular weight is 566 g/mol. The largest absolute Gasteiger partial charge is 0.399 e. The second-order valence-electron chi connectivity index (χ2n) is 11.9. The van der Waals surface area contributed by atoms with Crippen molar-refractivity contribution in [3.63, 3.8) is 0 Å². The van der Waals surface area contributed by atoms with Crippen LogP contribution in [0.3, 0.4) is 0 Å². The number of primary amides is 1. The van der Waals surface area contributed by atoms with Gasteiger partial charge in [0.15, 0.2) is 5.82 Å². The standard InChI is InChI=1S/C31H35N9O2/c1-17(35-16-28(41)40-24(15-32)12-23-13-27(23)40)14-31(30-36-38-39(3)37-30)25-8-6-19(18(2)33)10-20(25)4-5-21-11-22(29(34)42)7-9-26(21)31/h6-11,17,23-24,27,35H,2,4-5,12-14,16,33H2,1,3H3,(H2,34,42)/t17-,23-,24+,27+,31?/m1/s1. The van der Waals surface area contributed by atoms with E-state index in [4.69, 9.17) is 16.6 Å². The van der Waals surface area contributed by atoms with E-state index in [1.807, 2.05) is 25.1 Å². The number of aryl methyl sites for hydroxylation is 3. The predicted molar refractivity (Wildman–Crippen MR) is 156 cm³/mol. The van der Waals surface area contributed by atoms with Gasteiger partial charge in [0.05, 0.1) is 25.1 Å². The number of benzene rings is 2. The predicted octanol–water partition coefficient (Wildman–Crippen LogP) is 1.55. The summed E-state index contributed by atoms with van der Waals surface area (Å²) in [5, 5.41) is 26.5. The van der Waals surface area contributed by atoms with Crippen LogP contribution in [0.25, 0.3) is 5.70 Å². The number of nitrogens with two attached hydrogens (primary N) is 2. The summed E-state index contributed by atoms with van der Waals surface area (Å²) in [4.78, 5) is 28.6. The molecule has 2 amide bonds. The molecular weight excluding hydrogens is 530 g/mol. The average Bonchev–Trinajstić information content (AvgIpc) is 3.46. The minimum absolute atomic E-state index is 0.0519. The summed E-state index contributed by atoms with van der Waals surface area (Å²) in [7, 11) is 1.73. The lowest BCUT2D eigenvalue weighted by Gasteiger charge is -2.36. The van der Waals surface area contributed by atoms with Crippen LogP contribution in [0.4, 0.5) is 0 Å². The van der Waals surface area contributed by atoms with Crippen LogP contribution in [0, 0.1) is 17.2 Å². The fraction of sp³-hybridized carbons (Fsp3) is 0.419. The molecule has 216 valence electrons. The summed E-state index contributed by atoms with van der Waals surface area (Å²) < 4.78 is 0. The number of hydrogen-bond donors (Lipinski definition) is 3. The summed E-state index contributed by atoms with van der Waals surface area (Å²) >= 11 is 0. The van der Waals surface area contributed by atoms with Crippen molar-refractivity contribution in [2.24, 2.45) is 24.4 Å². The van der Waals surface area contributed by atoms with Crippen LogP contribution in [0.2, 0.25) is 0 Å². The lowest BCUT2D eigenvalue weighted by molar-refractivity contribution is -0.131. The molecule has 1 aromatic heterocycles. The zero-order chi connectivity index (χ0) is 29.8. The van der Waals surface area contributed by atoms with E-state index in [1.165, 1.54) is 4.80 Å². The first-order chi connectivity index (χ1) is 20.1. The molecule has 1 unspecified atom stereocenters. The maximum Gasteiger partial charge on any atom is 0.248 e. The van der Waals surface area contributed by atoms with Gasteiger partial charge < -0.3 is 21.7 Å². The summed E-state index contributed by atoms with van der Waals surface area (Å²) in [5.41, 5.74) is 16.7. The smallest absolute Gasteiger partial charge is 0.248 e. The van der Waals surface area contributed by atoms with Crippen LogP contribution >= 0.6 is 0 Å².